The van der Waals surface area contributed by atoms with Gasteiger partial charge in [-0.05, 0) is 44.2 Å². The van der Waals surface area contributed by atoms with Crippen molar-refractivity contribution in [2.75, 3.05) is 18.7 Å². The molecule has 0 aliphatic rings. The number of hydrogen-bond acceptors (Lipinski definition) is 4. The van der Waals surface area contributed by atoms with Crippen molar-refractivity contribution in [2.24, 2.45) is 0 Å². The van der Waals surface area contributed by atoms with Crippen molar-refractivity contribution in [1.82, 2.24) is 5.43 Å². The molecule has 2 aromatic carbocycles. The van der Waals surface area contributed by atoms with E-state index in [1.54, 1.807) is 12.1 Å². The smallest absolute Gasteiger partial charge is 0.305 e. The average Bonchev–Trinajstić information content (AvgIpc) is 2.93. The first-order chi connectivity index (χ1) is 11.6. The van der Waals surface area contributed by atoms with E-state index < -0.39 is 0 Å². The zero-order valence-corrected chi connectivity index (χ0v) is 14.0. The van der Waals surface area contributed by atoms with Gasteiger partial charge in [0.15, 0.2) is 5.76 Å². The lowest BCUT2D eigenvalue weighted by molar-refractivity contribution is 0.0925. The fraction of sp³-hybridized carbons (Fsp3) is 0.211. The SMILES string of the molecule is CCOc1ccc2oc(C(=O)NN(C)c3ccccc3)c(C)c2c1. The summed E-state index contributed by atoms with van der Waals surface area (Å²) in [6.07, 6.45) is 0. The topological polar surface area (TPSA) is 54.7 Å². The second kappa shape index (κ2) is 6.66. The van der Waals surface area contributed by atoms with Crippen LogP contribution in [-0.2, 0) is 0 Å². The molecule has 0 radical (unpaired) electrons. The van der Waals surface area contributed by atoms with Crippen molar-refractivity contribution in [1.29, 1.82) is 0 Å². The first-order valence-electron chi connectivity index (χ1n) is 7.86. The summed E-state index contributed by atoms with van der Waals surface area (Å²) in [4.78, 5) is 12.6. The van der Waals surface area contributed by atoms with Crippen molar-refractivity contribution in [2.45, 2.75) is 13.8 Å². The van der Waals surface area contributed by atoms with Gasteiger partial charge in [0.25, 0.3) is 0 Å². The number of carbonyl (C=O) groups is 1. The standard InChI is InChI=1S/C19H20N2O3/c1-4-23-15-10-11-17-16(12-15)13(2)18(24-17)19(22)20-21(3)14-8-6-5-7-9-14/h5-12H,4H2,1-3H3,(H,20,22). The Morgan fingerprint density at radius 3 is 2.67 bits per heavy atom. The average molecular weight is 324 g/mol. The normalized spacial score (nSPS) is 10.6. The highest BCUT2D eigenvalue weighted by Crippen LogP contribution is 2.29. The molecule has 124 valence electrons. The number of hydrogen-bond donors (Lipinski definition) is 1. The molecule has 0 saturated heterocycles. The van der Waals surface area contributed by atoms with Gasteiger partial charge in [-0.25, -0.2) is 0 Å². The number of para-hydroxylation sites is 1. The highest BCUT2D eigenvalue weighted by Gasteiger charge is 2.19. The quantitative estimate of drug-likeness (QED) is 0.723. The number of furan rings is 1. The van der Waals surface area contributed by atoms with Gasteiger partial charge >= 0.3 is 5.91 Å². The maximum Gasteiger partial charge on any atom is 0.305 e. The van der Waals surface area contributed by atoms with Gasteiger partial charge in [-0.2, -0.15) is 0 Å². The lowest BCUT2D eigenvalue weighted by atomic mass is 10.1. The van der Waals surface area contributed by atoms with Crippen molar-refractivity contribution in [3.8, 4) is 5.75 Å². The number of carbonyl (C=O) groups excluding carboxylic acids is 1. The Labute approximate surface area is 140 Å². The highest BCUT2D eigenvalue weighted by molar-refractivity contribution is 5.99. The third-order valence-corrected chi connectivity index (χ3v) is 3.84. The number of rotatable bonds is 5. The number of hydrazine groups is 1. The fourth-order valence-corrected chi connectivity index (χ4v) is 2.59. The molecular weight excluding hydrogens is 304 g/mol. The van der Waals surface area contributed by atoms with Gasteiger partial charge in [-0.15, -0.1) is 0 Å². The van der Waals surface area contributed by atoms with Crippen molar-refractivity contribution >= 4 is 22.6 Å². The maximum atomic E-state index is 12.6. The summed E-state index contributed by atoms with van der Waals surface area (Å²) in [5, 5.41) is 2.55. The van der Waals surface area contributed by atoms with Crippen LogP contribution in [0.15, 0.2) is 52.9 Å². The van der Waals surface area contributed by atoms with E-state index in [4.69, 9.17) is 9.15 Å². The Hall–Kier alpha value is -2.95. The number of anilines is 1. The van der Waals surface area contributed by atoms with Crippen LogP contribution >= 0.6 is 0 Å². The molecule has 1 heterocycles. The second-order valence-corrected chi connectivity index (χ2v) is 5.48. The Morgan fingerprint density at radius 1 is 1.21 bits per heavy atom. The van der Waals surface area contributed by atoms with E-state index in [-0.39, 0.29) is 5.91 Å². The van der Waals surface area contributed by atoms with Gasteiger partial charge < -0.3 is 9.15 Å². The maximum absolute atomic E-state index is 12.6. The summed E-state index contributed by atoms with van der Waals surface area (Å²) in [6, 6.07) is 15.2. The zero-order valence-electron chi connectivity index (χ0n) is 14.0. The summed E-state index contributed by atoms with van der Waals surface area (Å²) >= 11 is 0. The monoisotopic (exact) mass is 324 g/mol. The molecule has 0 saturated carbocycles. The molecule has 1 N–H and O–H groups in total. The summed E-state index contributed by atoms with van der Waals surface area (Å²) in [6.45, 7) is 4.40. The third kappa shape index (κ3) is 3.06. The van der Waals surface area contributed by atoms with E-state index in [1.807, 2.05) is 62.4 Å². The molecule has 1 amide bonds. The minimum Gasteiger partial charge on any atom is -0.494 e. The van der Waals surface area contributed by atoms with E-state index in [1.165, 1.54) is 0 Å². The van der Waals surface area contributed by atoms with E-state index in [0.717, 1.165) is 22.4 Å². The second-order valence-electron chi connectivity index (χ2n) is 5.48. The summed E-state index contributed by atoms with van der Waals surface area (Å²) < 4.78 is 11.2. The lowest BCUT2D eigenvalue weighted by Gasteiger charge is -2.19. The minimum atomic E-state index is -0.284. The minimum absolute atomic E-state index is 0.284. The van der Waals surface area contributed by atoms with Crippen molar-refractivity contribution < 1.29 is 13.9 Å². The Bertz CT molecular complexity index is 856. The van der Waals surface area contributed by atoms with Gasteiger partial charge in [0.1, 0.15) is 11.3 Å². The van der Waals surface area contributed by atoms with Crippen LogP contribution in [0, 0.1) is 6.92 Å². The van der Waals surface area contributed by atoms with Crippen LogP contribution in [-0.4, -0.2) is 19.6 Å². The molecule has 0 fully saturated rings. The predicted octanol–water partition coefficient (Wildman–Crippen LogP) is 3.92. The summed E-state index contributed by atoms with van der Waals surface area (Å²) in [5.41, 5.74) is 5.18. The molecule has 3 rings (SSSR count). The van der Waals surface area contributed by atoms with Gasteiger partial charge in [0, 0.05) is 18.0 Å². The number of nitrogens with one attached hydrogen (secondary N) is 1. The number of benzene rings is 2. The first-order valence-corrected chi connectivity index (χ1v) is 7.86. The molecule has 0 spiro atoms. The van der Waals surface area contributed by atoms with Crippen LogP contribution in [0.1, 0.15) is 23.0 Å². The summed E-state index contributed by atoms with van der Waals surface area (Å²) in [5.74, 6) is 0.789. The molecule has 0 unspecified atom stereocenters. The molecule has 5 heteroatoms. The lowest BCUT2D eigenvalue weighted by Crippen LogP contribution is -2.39. The molecular formula is C19H20N2O3. The van der Waals surface area contributed by atoms with Crippen LogP contribution in [0.4, 0.5) is 5.69 Å². The number of nitrogens with zero attached hydrogens (tertiary/aromatic N) is 1. The van der Waals surface area contributed by atoms with Crippen LogP contribution in [0.2, 0.25) is 0 Å². The third-order valence-electron chi connectivity index (χ3n) is 3.84. The van der Waals surface area contributed by atoms with Crippen LogP contribution < -0.4 is 15.2 Å². The highest BCUT2D eigenvalue weighted by atomic mass is 16.5. The van der Waals surface area contributed by atoms with E-state index in [0.29, 0.717) is 18.0 Å². The van der Waals surface area contributed by atoms with Crippen LogP contribution in [0.25, 0.3) is 11.0 Å². The molecule has 5 nitrogen and oxygen atoms in total. The number of amides is 1. The largest absolute Gasteiger partial charge is 0.494 e. The van der Waals surface area contributed by atoms with E-state index >= 15 is 0 Å². The van der Waals surface area contributed by atoms with Gasteiger partial charge in [0.2, 0.25) is 0 Å². The Kier molecular flexibility index (Phi) is 4.42. The summed E-state index contributed by atoms with van der Waals surface area (Å²) in [7, 11) is 1.79. The van der Waals surface area contributed by atoms with Crippen molar-refractivity contribution in [3.63, 3.8) is 0 Å². The first kappa shape index (κ1) is 15.9. The van der Waals surface area contributed by atoms with E-state index in [9.17, 15) is 4.79 Å². The van der Waals surface area contributed by atoms with Crippen molar-refractivity contribution in [3.05, 3.63) is 59.9 Å². The Morgan fingerprint density at radius 2 is 1.96 bits per heavy atom. The molecule has 3 aromatic rings. The molecule has 0 atom stereocenters. The molecule has 0 aliphatic heterocycles. The van der Waals surface area contributed by atoms with Gasteiger partial charge in [0.05, 0.1) is 12.3 Å². The van der Waals surface area contributed by atoms with Crippen LogP contribution in [0.3, 0.4) is 0 Å². The number of fused-ring (bicyclic) bond motifs is 1. The number of aryl methyl sites for hydroxylation is 1. The van der Waals surface area contributed by atoms with Crippen LogP contribution in [0.5, 0.6) is 5.75 Å². The molecule has 0 aliphatic carbocycles. The van der Waals surface area contributed by atoms with Gasteiger partial charge in [-0.1, -0.05) is 18.2 Å². The zero-order chi connectivity index (χ0) is 17.1. The fourth-order valence-electron chi connectivity index (χ4n) is 2.59. The molecule has 0 bridgehead atoms. The van der Waals surface area contributed by atoms with E-state index in [2.05, 4.69) is 5.43 Å². The Balaban J connectivity index is 1.86. The number of ether oxygens (including phenoxy) is 1. The predicted molar refractivity (Wildman–Crippen MR) is 94.4 cm³/mol. The van der Waals surface area contributed by atoms with Gasteiger partial charge in [-0.3, -0.25) is 15.2 Å². The molecule has 24 heavy (non-hydrogen) atoms. The molecule has 1 aromatic heterocycles.